The molecule has 0 bridgehead atoms. The molecular weight excluding hydrogens is 833 g/mol. The zero-order chi connectivity index (χ0) is 46.4. The minimum Gasteiger partial charge on any atom is -0.497 e. The lowest BCUT2D eigenvalue weighted by Crippen LogP contribution is -2.10. The number of rotatable bonds is 12. The van der Waals surface area contributed by atoms with Crippen LogP contribution in [0.4, 0.5) is 39.8 Å². The van der Waals surface area contributed by atoms with Crippen molar-refractivity contribution in [3.63, 3.8) is 0 Å². The summed E-state index contributed by atoms with van der Waals surface area (Å²) in [6, 6.07) is 72.8. The Morgan fingerprint density at radius 3 is 1.29 bits per heavy atom. The van der Waals surface area contributed by atoms with Gasteiger partial charge in [0, 0.05) is 33.5 Å². The molecule has 0 heterocycles. The SMILES string of the molecule is [C-]#[N+]c1c(C=Cc2ccc(N(c3ccc(OC)cc3)c3cccc4ccccc34)cc2)ccc2c(C#N)c(C=Cc3ccc(N(c4ccc(OC)cc4)c4cccc5ccccc45)cc3)ccc12. The third-order valence-corrected chi connectivity index (χ3v) is 12.3. The van der Waals surface area contributed by atoms with Crippen molar-refractivity contribution in [2.24, 2.45) is 0 Å². The zero-order valence-corrected chi connectivity index (χ0v) is 37.5. The molecule has 0 aliphatic carbocycles. The maximum Gasteiger partial charge on any atom is 0.202 e. The number of methoxy groups -OCH3 is 2. The van der Waals surface area contributed by atoms with Crippen LogP contribution in [0.3, 0.4) is 0 Å². The molecule has 0 saturated carbocycles. The molecular formula is C62H44N4O2. The first-order valence-electron chi connectivity index (χ1n) is 22.3. The van der Waals surface area contributed by atoms with Crippen molar-refractivity contribution in [3.05, 3.63) is 245 Å². The maximum atomic E-state index is 10.5. The lowest BCUT2D eigenvalue weighted by Gasteiger charge is -2.27. The molecule has 0 N–H and O–H groups in total. The molecule has 6 nitrogen and oxygen atoms in total. The Morgan fingerprint density at radius 2 is 0.838 bits per heavy atom. The van der Waals surface area contributed by atoms with Gasteiger partial charge >= 0.3 is 0 Å². The Balaban J connectivity index is 0.913. The van der Waals surface area contributed by atoms with Crippen LogP contribution in [0.25, 0.3) is 61.5 Å². The molecule has 324 valence electrons. The second-order valence-electron chi connectivity index (χ2n) is 16.3. The van der Waals surface area contributed by atoms with Crippen molar-refractivity contribution < 1.29 is 9.47 Å². The van der Waals surface area contributed by atoms with E-state index < -0.39 is 0 Å². The van der Waals surface area contributed by atoms with Gasteiger partial charge in [0.2, 0.25) is 5.69 Å². The first-order valence-corrected chi connectivity index (χ1v) is 22.3. The molecule has 0 aliphatic heterocycles. The summed E-state index contributed by atoms with van der Waals surface area (Å²) in [5.41, 5.74) is 10.8. The van der Waals surface area contributed by atoms with Gasteiger partial charge in [-0.2, -0.15) is 5.26 Å². The molecule has 10 aromatic rings. The van der Waals surface area contributed by atoms with Crippen LogP contribution in [0.15, 0.2) is 206 Å². The minimum atomic E-state index is 0.507. The highest BCUT2D eigenvalue weighted by molar-refractivity contribution is 6.04. The van der Waals surface area contributed by atoms with Gasteiger partial charge in [0.1, 0.15) is 17.6 Å². The molecule has 0 saturated heterocycles. The van der Waals surface area contributed by atoms with E-state index in [2.05, 4.69) is 178 Å². The Bertz CT molecular complexity index is 3350. The van der Waals surface area contributed by atoms with Gasteiger partial charge in [-0.05, 0) is 129 Å². The monoisotopic (exact) mass is 876 g/mol. The summed E-state index contributed by atoms with van der Waals surface area (Å²) in [5, 5.41) is 16.6. The van der Waals surface area contributed by atoms with Crippen LogP contribution in [0.1, 0.15) is 27.8 Å². The highest BCUT2D eigenvalue weighted by Gasteiger charge is 2.18. The van der Waals surface area contributed by atoms with Crippen LogP contribution in [0.5, 0.6) is 11.5 Å². The van der Waals surface area contributed by atoms with Crippen LogP contribution in [-0.2, 0) is 0 Å². The highest BCUT2D eigenvalue weighted by atomic mass is 16.5. The third kappa shape index (κ3) is 8.38. The molecule has 6 heteroatoms. The first kappa shape index (κ1) is 42.6. The van der Waals surface area contributed by atoms with E-state index >= 15 is 0 Å². The van der Waals surface area contributed by atoms with Crippen LogP contribution in [0.2, 0.25) is 0 Å². The van der Waals surface area contributed by atoms with Gasteiger partial charge in [-0.25, -0.2) is 4.85 Å². The van der Waals surface area contributed by atoms with Gasteiger partial charge in [-0.15, -0.1) is 0 Å². The second-order valence-corrected chi connectivity index (χ2v) is 16.3. The average Bonchev–Trinajstić information content (AvgIpc) is 3.40. The zero-order valence-electron chi connectivity index (χ0n) is 37.5. The number of fused-ring (bicyclic) bond motifs is 3. The van der Waals surface area contributed by atoms with E-state index in [4.69, 9.17) is 16.0 Å². The quantitative estimate of drug-likeness (QED) is 0.0904. The van der Waals surface area contributed by atoms with Gasteiger partial charge in [-0.1, -0.05) is 146 Å². The summed E-state index contributed by atoms with van der Waals surface area (Å²) in [6.07, 6.45) is 8.01. The summed E-state index contributed by atoms with van der Waals surface area (Å²) in [5.74, 6) is 1.59. The van der Waals surface area contributed by atoms with Gasteiger partial charge in [0.25, 0.3) is 0 Å². The Labute approximate surface area is 396 Å². The van der Waals surface area contributed by atoms with Gasteiger partial charge in [0.15, 0.2) is 0 Å². The number of benzene rings is 10. The van der Waals surface area contributed by atoms with Gasteiger partial charge in [-0.3, -0.25) is 0 Å². The fourth-order valence-electron chi connectivity index (χ4n) is 8.91. The number of hydrogen-bond donors (Lipinski definition) is 0. The van der Waals surface area contributed by atoms with E-state index in [0.29, 0.717) is 11.3 Å². The standard InChI is InChI=1S/C62H44N4O2/c1-64-62-48(25-19-44-22-30-50(31-23-44)66(52-34-38-54(68-3)39-35-52)61-17-9-13-46-11-5-7-15-56(46)61)27-40-57-58(62)41-26-47(59(57)42-63)24-18-43-20-28-49(29-21-43)65(51-32-36-53(67-2)37-33-51)60-16-8-12-45-10-4-6-14-55(45)60/h4-41H,2-3H3. The number of nitriles is 1. The minimum absolute atomic E-state index is 0.507. The van der Waals surface area contributed by atoms with Gasteiger partial charge in [0.05, 0.1) is 37.7 Å². The molecule has 10 aromatic carbocycles. The fraction of sp³-hybridized carbons (Fsp3) is 0.0323. The van der Waals surface area contributed by atoms with Crippen molar-refractivity contribution in [1.82, 2.24) is 0 Å². The van der Waals surface area contributed by atoms with E-state index in [1.54, 1.807) is 14.2 Å². The summed E-state index contributed by atoms with van der Waals surface area (Å²) in [7, 11) is 3.35. The average molecular weight is 877 g/mol. The molecule has 0 aromatic heterocycles. The molecule has 68 heavy (non-hydrogen) atoms. The van der Waals surface area contributed by atoms with Crippen LogP contribution in [0, 0.1) is 17.9 Å². The van der Waals surface area contributed by atoms with E-state index in [1.807, 2.05) is 72.8 Å². The van der Waals surface area contributed by atoms with Crippen LogP contribution in [-0.4, -0.2) is 14.2 Å². The summed E-state index contributed by atoms with van der Waals surface area (Å²) >= 11 is 0. The summed E-state index contributed by atoms with van der Waals surface area (Å²) < 4.78 is 10.9. The predicted octanol–water partition coefficient (Wildman–Crippen LogP) is 16.9. The highest BCUT2D eigenvalue weighted by Crippen LogP contribution is 2.42. The molecule has 0 spiro atoms. The summed E-state index contributed by atoms with van der Waals surface area (Å²) in [4.78, 5) is 8.50. The van der Waals surface area contributed by atoms with Gasteiger partial charge < -0.3 is 19.3 Å². The second kappa shape index (κ2) is 19.0. The third-order valence-electron chi connectivity index (χ3n) is 12.3. The van der Waals surface area contributed by atoms with Crippen LogP contribution >= 0.6 is 0 Å². The first-order chi connectivity index (χ1) is 33.5. The lowest BCUT2D eigenvalue weighted by atomic mass is 9.95. The number of hydrogen-bond acceptors (Lipinski definition) is 5. The van der Waals surface area contributed by atoms with Crippen molar-refractivity contribution in [2.75, 3.05) is 24.0 Å². The topological polar surface area (TPSA) is 53.1 Å². The molecule has 0 atom stereocenters. The smallest absolute Gasteiger partial charge is 0.202 e. The predicted molar refractivity (Wildman–Crippen MR) is 283 cm³/mol. The van der Waals surface area contributed by atoms with Crippen LogP contribution < -0.4 is 19.3 Å². The molecule has 0 unspecified atom stereocenters. The molecule has 0 fully saturated rings. The molecule has 0 aliphatic rings. The normalized spacial score (nSPS) is 11.2. The molecule has 10 rings (SSSR count). The number of ether oxygens (including phenoxy) is 2. The Hall–Kier alpha value is -9.36. The fourth-order valence-corrected chi connectivity index (χ4v) is 8.91. The number of nitrogens with zero attached hydrogens (tertiary/aromatic N) is 4. The van der Waals surface area contributed by atoms with Crippen molar-refractivity contribution >= 4 is 96.4 Å². The number of anilines is 6. The van der Waals surface area contributed by atoms with E-state index in [-0.39, 0.29) is 0 Å². The largest absolute Gasteiger partial charge is 0.497 e. The van der Waals surface area contributed by atoms with E-state index in [0.717, 1.165) is 100 Å². The Morgan fingerprint density at radius 1 is 0.426 bits per heavy atom. The van der Waals surface area contributed by atoms with Crippen molar-refractivity contribution in [1.29, 1.82) is 5.26 Å². The summed E-state index contributed by atoms with van der Waals surface area (Å²) in [6.45, 7) is 8.23. The van der Waals surface area contributed by atoms with Crippen molar-refractivity contribution in [2.45, 2.75) is 0 Å². The lowest BCUT2D eigenvalue weighted by molar-refractivity contribution is 0.414. The van der Waals surface area contributed by atoms with Crippen molar-refractivity contribution in [3.8, 4) is 17.6 Å². The molecule has 0 radical (unpaired) electrons. The maximum absolute atomic E-state index is 10.5. The van der Waals surface area contributed by atoms with E-state index in [9.17, 15) is 5.26 Å². The Kier molecular flexibility index (Phi) is 11.9. The molecule has 0 amide bonds. The van der Waals surface area contributed by atoms with E-state index in [1.165, 1.54) is 0 Å².